The predicted molar refractivity (Wildman–Crippen MR) is 143 cm³/mol. The molecule has 0 saturated carbocycles. The molecule has 1 atom stereocenters. The van der Waals surface area contributed by atoms with Crippen molar-refractivity contribution in [3.05, 3.63) is 88.4 Å². The second-order valence-electron chi connectivity index (χ2n) is 9.28. The van der Waals surface area contributed by atoms with Gasteiger partial charge in [-0.15, -0.1) is 11.3 Å². The number of ether oxygens (including phenoxy) is 1. The van der Waals surface area contributed by atoms with Gasteiger partial charge in [0.05, 0.1) is 25.2 Å². The van der Waals surface area contributed by atoms with E-state index in [0.717, 1.165) is 23.1 Å². The van der Waals surface area contributed by atoms with Crippen LogP contribution < -0.4 is 21.1 Å². The number of nitrogen functional groups attached to an aromatic ring is 1. The Morgan fingerprint density at radius 3 is 2.53 bits per heavy atom. The summed E-state index contributed by atoms with van der Waals surface area (Å²) < 4.78 is 46.6. The summed E-state index contributed by atoms with van der Waals surface area (Å²) in [7, 11) is 4.16. The van der Waals surface area contributed by atoms with E-state index in [0.29, 0.717) is 11.1 Å². The maximum atomic E-state index is 13.6. The van der Waals surface area contributed by atoms with Crippen LogP contribution >= 0.6 is 11.3 Å². The van der Waals surface area contributed by atoms with Crippen molar-refractivity contribution >= 4 is 23.1 Å². The van der Waals surface area contributed by atoms with Gasteiger partial charge in [-0.2, -0.15) is 13.2 Å². The van der Waals surface area contributed by atoms with Crippen LogP contribution in [0.2, 0.25) is 0 Å². The first kappa shape index (κ1) is 27.2. The Labute approximate surface area is 222 Å². The number of amides is 1. The number of halogens is 3. The number of pyridine rings is 1. The van der Waals surface area contributed by atoms with Crippen molar-refractivity contribution in [2.24, 2.45) is 5.73 Å². The lowest BCUT2D eigenvalue weighted by Gasteiger charge is -2.21. The number of anilines is 1. The molecule has 4 rings (SSSR count). The van der Waals surface area contributed by atoms with Crippen molar-refractivity contribution in [3.8, 4) is 27.3 Å². The lowest BCUT2D eigenvalue weighted by molar-refractivity contribution is -0.872. The predicted octanol–water partition coefficient (Wildman–Crippen LogP) is 4.96. The molecule has 0 unspecified atom stereocenters. The highest BCUT2D eigenvalue weighted by Crippen LogP contribution is 2.38. The Kier molecular flexibility index (Phi) is 7.75. The summed E-state index contributed by atoms with van der Waals surface area (Å²) in [6.07, 6.45) is -3.88. The fourth-order valence-corrected chi connectivity index (χ4v) is 5.12. The molecule has 4 aromatic rings. The highest BCUT2D eigenvalue weighted by atomic mass is 32.1. The van der Waals surface area contributed by atoms with Gasteiger partial charge in [0, 0.05) is 38.7 Å². The number of carbonyl (C=O) groups excluding carboxylic acids is 1. The zero-order valence-electron chi connectivity index (χ0n) is 21.1. The third-order valence-electron chi connectivity index (χ3n) is 5.98. The number of quaternary nitrogens is 1. The third-order valence-corrected chi connectivity index (χ3v) is 7.01. The van der Waals surface area contributed by atoms with E-state index in [9.17, 15) is 18.0 Å². The lowest BCUT2D eigenvalue weighted by Crippen LogP contribution is -3.04. The number of aromatic nitrogens is 1. The first-order valence-corrected chi connectivity index (χ1v) is 12.7. The number of carbonyl (C=O) groups is 1. The molecule has 6 nitrogen and oxygen atoms in total. The summed E-state index contributed by atoms with van der Waals surface area (Å²) >= 11 is 1.60. The monoisotopic (exact) mass is 541 g/mol. The number of nitrogens with zero attached hydrogens (tertiary/aromatic N) is 1. The van der Waals surface area contributed by atoms with E-state index >= 15 is 0 Å². The molecule has 0 spiro atoms. The second kappa shape index (κ2) is 10.8. The van der Waals surface area contributed by atoms with Crippen molar-refractivity contribution in [2.75, 3.05) is 19.8 Å². The first-order valence-electron chi connectivity index (χ1n) is 11.8. The van der Waals surface area contributed by atoms with Gasteiger partial charge in [0.15, 0.2) is 0 Å². The second-order valence-corrected chi connectivity index (χ2v) is 10.2. The van der Waals surface area contributed by atoms with E-state index in [1.165, 1.54) is 41.7 Å². The average molecular weight is 542 g/mol. The molecule has 2 aromatic carbocycles. The number of hydrogen-bond acceptors (Lipinski definition) is 5. The number of alkyl halides is 3. The minimum Gasteiger partial charge on any atom is -0.485 e. The summed E-state index contributed by atoms with van der Waals surface area (Å²) in [6.45, 7) is 2.37. The van der Waals surface area contributed by atoms with E-state index in [2.05, 4.69) is 30.5 Å². The molecule has 0 radical (unpaired) electrons. The quantitative estimate of drug-likeness (QED) is 0.294. The van der Waals surface area contributed by atoms with Crippen molar-refractivity contribution < 1.29 is 27.6 Å². The van der Waals surface area contributed by atoms with Gasteiger partial charge in [0.2, 0.25) is 0 Å². The SMILES string of the molecule is C[C@@H](Oc1cc(-c2cc(-c3cc(C[NH+](C)C)cs3)cnc2N)ccc1C(N)=O)c1ccccc1C(F)(F)F. The molecule has 0 aliphatic heterocycles. The molecule has 0 bridgehead atoms. The largest absolute Gasteiger partial charge is 0.485 e. The Hall–Kier alpha value is -3.89. The number of hydrogen-bond donors (Lipinski definition) is 3. The van der Waals surface area contributed by atoms with Crippen LogP contribution in [0.3, 0.4) is 0 Å². The normalized spacial score (nSPS) is 12.5. The highest BCUT2D eigenvalue weighted by molar-refractivity contribution is 7.13. The maximum Gasteiger partial charge on any atom is 0.416 e. The smallest absolute Gasteiger partial charge is 0.416 e. The molecule has 5 N–H and O–H groups in total. The standard InChI is InChI=1S/C28H27F3N4O2S/c1-16(20-6-4-5-7-23(20)28(29,30)31)37-24-12-18(8-9-21(24)27(33)36)22-11-19(13-34-26(22)32)25-10-17(15-38-25)14-35(2)3/h4-13,15-16H,14H2,1-3H3,(H2,32,34)(H2,33,36)/p+1/t16-/m1/s1. The molecule has 0 aliphatic carbocycles. The van der Waals surface area contributed by atoms with Gasteiger partial charge in [-0.1, -0.05) is 24.3 Å². The molecule has 10 heteroatoms. The van der Waals surface area contributed by atoms with Crippen molar-refractivity contribution in [1.29, 1.82) is 0 Å². The minimum absolute atomic E-state index is 0.0434. The fraction of sp³-hybridized carbons (Fsp3) is 0.214. The topological polar surface area (TPSA) is 95.7 Å². The maximum absolute atomic E-state index is 13.6. The van der Waals surface area contributed by atoms with Gasteiger partial charge >= 0.3 is 6.18 Å². The van der Waals surface area contributed by atoms with Crippen LogP contribution in [0.25, 0.3) is 21.6 Å². The van der Waals surface area contributed by atoms with E-state index in [1.807, 2.05) is 6.07 Å². The number of nitrogens with one attached hydrogen (secondary N) is 1. The molecular weight excluding hydrogens is 513 g/mol. The zero-order chi connectivity index (χ0) is 27.6. The number of rotatable bonds is 8. The van der Waals surface area contributed by atoms with E-state index in [4.69, 9.17) is 16.2 Å². The molecule has 38 heavy (non-hydrogen) atoms. The fourth-order valence-electron chi connectivity index (χ4n) is 4.22. The summed E-state index contributed by atoms with van der Waals surface area (Å²) in [4.78, 5) is 18.8. The van der Waals surface area contributed by atoms with Gasteiger partial charge < -0.3 is 21.1 Å². The van der Waals surface area contributed by atoms with E-state index in [-0.39, 0.29) is 22.7 Å². The number of thiophene rings is 1. The van der Waals surface area contributed by atoms with Gasteiger partial charge in [-0.05, 0) is 42.8 Å². The van der Waals surface area contributed by atoms with Gasteiger partial charge in [-0.25, -0.2) is 4.98 Å². The van der Waals surface area contributed by atoms with Crippen LogP contribution in [0.5, 0.6) is 5.75 Å². The lowest BCUT2D eigenvalue weighted by atomic mass is 10.0. The minimum atomic E-state index is -4.56. The molecule has 0 aliphatic rings. The van der Waals surface area contributed by atoms with Crippen molar-refractivity contribution in [2.45, 2.75) is 25.7 Å². The van der Waals surface area contributed by atoms with Gasteiger partial charge in [0.1, 0.15) is 24.2 Å². The van der Waals surface area contributed by atoms with Crippen molar-refractivity contribution in [3.63, 3.8) is 0 Å². The molecule has 1 amide bonds. The summed E-state index contributed by atoms with van der Waals surface area (Å²) in [5.41, 5.74) is 14.2. The number of primary amides is 1. The van der Waals surface area contributed by atoms with Crippen LogP contribution in [0.15, 0.2) is 66.2 Å². The Morgan fingerprint density at radius 2 is 1.84 bits per heavy atom. The zero-order valence-corrected chi connectivity index (χ0v) is 21.9. The van der Waals surface area contributed by atoms with E-state index in [1.54, 1.807) is 29.7 Å². The molecular formula is C28H28F3N4O2S+. The first-order chi connectivity index (χ1) is 17.9. The average Bonchev–Trinajstić information content (AvgIpc) is 3.31. The summed E-state index contributed by atoms with van der Waals surface area (Å²) in [6, 6.07) is 13.9. The Balaban J connectivity index is 1.72. The summed E-state index contributed by atoms with van der Waals surface area (Å²) in [5.74, 6) is -0.454. The van der Waals surface area contributed by atoms with Crippen LogP contribution in [0, 0.1) is 0 Å². The third kappa shape index (κ3) is 5.98. The molecule has 2 aromatic heterocycles. The molecule has 198 valence electrons. The highest BCUT2D eigenvalue weighted by Gasteiger charge is 2.34. The number of benzene rings is 2. The van der Waals surface area contributed by atoms with Gasteiger partial charge in [0.25, 0.3) is 5.91 Å². The van der Waals surface area contributed by atoms with Crippen molar-refractivity contribution in [1.82, 2.24) is 4.98 Å². The van der Waals surface area contributed by atoms with Crippen LogP contribution in [-0.4, -0.2) is 25.0 Å². The van der Waals surface area contributed by atoms with Crippen LogP contribution in [0.4, 0.5) is 19.0 Å². The number of nitrogens with two attached hydrogens (primary N) is 2. The molecule has 0 saturated heterocycles. The van der Waals surface area contributed by atoms with Gasteiger partial charge in [-0.3, -0.25) is 4.79 Å². The molecule has 0 fully saturated rings. The Morgan fingerprint density at radius 1 is 1.11 bits per heavy atom. The molecule has 2 heterocycles. The van der Waals surface area contributed by atoms with Crippen LogP contribution in [0.1, 0.15) is 40.1 Å². The Bertz CT molecular complexity index is 1470. The van der Waals surface area contributed by atoms with Crippen LogP contribution in [-0.2, 0) is 12.7 Å². The van der Waals surface area contributed by atoms with E-state index < -0.39 is 23.8 Å². The summed E-state index contributed by atoms with van der Waals surface area (Å²) in [5, 5.41) is 2.10.